The minimum absolute atomic E-state index is 0.0751. The molecule has 1 unspecified atom stereocenters. The molecule has 1 saturated heterocycles. The minimum atomic E-state index is -0.468. The van der Waals surface area contributed by atoms with Crippen molar-refractivity contribution in [3.8, 4) is 0 Å². The smallest absolute Gasteiger partial charge is 0.107 e. The molecule has 4 heteroatoms. The predicted molar refractivity (Wildman–Crippen MR) is 45.3 cm³/mol. The van der Waals surface area contributed by atoms with Crippen LogP contribution in [-0.2, 0) is 4.74 Å². The van der Waals surface area contributed by atoms with Crippen molar-refractivity contribution in [1.29, 1.82) is 0 Å². The van der Waals surface area contributed by atoms with Crippen molar-refractivity contribution >= 4 is 22.6 Å². The van der Waals surface area contributed by atoms with Gasteiger partial charge in [0, 0.05) is 10.8 Å². The maximum absolute atomic E-state index is 9.20. The van der Waals surface area contributed by atoms with Crippen LogP contribution in [0.2, 0.25) is 0 Å². The van der Waals surface area contributed by atoms with Gasteiger partial charge in [0.25, 0.3) is 0 Å². The molecule has 0 spiro atoms. The molecule has 10 heavy (non-hydrogen) atoms. The minimum Gasteiger partial charge on any atom is -0.394 e. The highest BCUT2D eigenvalue weighted by molar-refractivity contribution is 14.1. The fourth-order valence-corrected chi connectivity index (χ4v) is 1.65. The van der Waals surface area contributed by atoms with E-state index in [0.717, 1.165) is 4.43 Å². The second-order valence-electron chi connectivity index (χ2n) is 2.44. The summed E-state index contributed by atoms with van der Waals surface area (Å²) in [5, 5.41) is 17.9. The first-order chi connectivity index (χ1) is 4.77. The highest BCUT2D eigenvalue weighted by Gasteiger charge is 2.32. The van der Waals surface area contributed by atoms with Gasteiger partial charge in [-0.25, -0.2) is 0 Å². The number of aliphatic hydroxyl groups excluding tert-OH is 2. The molecule has 0 aromatic rings. The largest absolute Gasteiger partial charge is 0.394 e. The molecule has 0 aliphatic carbocycles. The summed E-state index contributed by atoms with van der Waals surface area (Å²) < 4.78 is 6.14. The predicted octanol–water partition coefficient (Wildman–Crippen LogP) is -0.0679. The number of ether oxygens (including phenoxy) is 1. The maximum Gasteiger partial charge on any atom is 0.107 e. The Hall–Kier alpha value is 0.610. The summed E-state index contributed by atoms with van der Waals surface area (Å²) in [4.78, 5) is 0. The molecule has 0 bridgehead atoms. The Balaban J connectivity index is 2.36. The van der Waals surface area contributed by atoms with Gasteiger partial charge in [-0.3, -0.25) is 0 Å². The number of hydrogen-bond acceptors (Lipinski definition) is 3. The fourth-order valence-electron chi connectivity index (χ4n) is 1.08. The summed E-state index contributed by atoms with van der Waals surface area (Å²) in [6.45, 7) is -0.0751. The molecule has 0 aromatic carbocycles. The Labute approximate surface area is 73.5 Å². The van der Waals surface area contributed by atoms with Crippen molar-refractivity contribution in [2.45, 2.75) is 24.7 Å². The molecule has 1 rings (SSSR count). The molecular formula is C6H11IO3. The summed E-state index contributed by atoms with van der Waals surface area (Å²) in [5.74, 6) is 0. The lowest BCUT2D eigenvalue weighted by Gasteiger charge is -2.09. The van der Waals surface area contributed by atoms with Gasteiger partial charge >= 0.3 is 0 Å². The van der Waals surface area contributed by atoms with Crippen LogP contribution in [0.25, 0.3) is 0 Å². The van der Waals surface area contributed by atoms with E-state index in [1.807, 2.05) is 0 Å². The zero-order valence-corrected chi connectivity index (χ0v) is 7.69. The topological polar surface area (TPSA) is 49.7 Å². The van der Waals surface area contributed by atoms with Gasteiger partial charge in [-0.2, -0.15) is 0 Å². The Morgan fingerprint density at radius 3 is 2.60 bits per heavy atom. The van der Waals surface area contributed by atoms with Crippen LogP contribution in [0.5, 0.6) is 0 Å². The molecule has 3 nitrogen and oxygen atoms in total. The SMILES string of the molecule is OC[C@H]1OC(CI)C[C@H]1O. The fraction of sp³-hybridized carbons (Fsp3) is 1.00. The van der Waals surface area contributed by atoms with E-state index in [1.54, 1.807) is 0 Å². The number of alkyl halides is 1. The van der Waals surface area contributed by atoms with Crippen molar-refractivity contribution in [2.24, 2.45) is 0 Å². The summed E-state index contributed by atoms with van der Waals surface area (Å²) in [6.07, 6.45) is -0.0222. The third-order valence-electron chi connectivity index (χ3n) is 1.65. The lowest BCUT2D eigenvalue weighted by Crippen LogP contribution is -2.24. The average molecular weight is 258 g/mol. The van der Waals surface area contributed by atoms with E-state index < -0.39 is 6.10 Å². The van der Waals surface area contributed by atoms with Crippen LogP contribution in [0, 0.1) is 0 Å². The molecule has 0 saturated carbocycles. The van der Waals surface area contributed by atoms with Gasteiger partial charge in [-0.05, 0) is 0 Å². The van der Waals surface area contributed by atoms with Crippen molar-refractivity contribution < 1.29 is 14.9 Å². The van der Waals surface area contributed by atoms with Gasteiger partial charge in [0.05, 0.1) is 18.8 Å². The molecule has 0 aromatic heterocycles. The monoisotopic (exact) mass is 258 g/mol. The third-order valence-corrected chi connectivity index (χ3v) is 2.64. The Kier molecular flexibility index (Phi) is 3.35. The van der Waals surface area contributed by atoms with Crippen molar-refractivity contribution in [3.05, 3.63) is 0 Å². The quantitative estimate of drug-likeness (QED) is 0.538. The van der Waals surface area contributed by atoms with E-state index in [1.165, 1.54) is 0 Å². The molecule has 3 atom stereocenters. The summed E-state index contributed by atoms with van der Waals surface area (Å²) in [7, 11) is 0. The molecule has 1 heterocycles. The van der Waals surface area contributed by atoms with E-state index in [9.17, 15) is 5.11 Å². The molecule has 0 radical (unpaired) electrons. The van der Waals surface area contributed by atoms with Crippen LogP contribution < -0.4 is 0 Å². The van der Waals surface area contributed by atoms with Gasteiger partial charge in [0.15, 0.2) is 0 Å². The van der Waals surface area contributed by atoms with E-state index in [0.29, 0.717) is 6.42 Å². The van der Waals surface area contributed by atoms with Crippen molar-refractivity contribution in [2.75, 3.05) is 11.0 Å². The van der Waals surface area contributed by atoms with Gasteiger partial charge in [-0.15, -0.1) is 0 Å². The lowest BCUT2D eigenvalue weighted by atomic mass is 10.1. The molecule has 2 N–H and O–H groups in total. The van der Waals surface area contributed by atoms with Crippen molar-refractivity contribution in [3.63, 3.8) is 0 Å². The standard InChI is InChI=1S/C6H11IO3/c7-2-4-1-5(9)6(3-8)10-4/h4-6,8-9H,1-3H2/t4?,5-,6-/m1/s1. The Bertz CT molecular complexity index is 109. The zero-order chi connectivity index (χ0) is 7.56. The third kappa shape index (κ3) is 1.81. The molecule has 1 aliphatic heterocycles. The van der Waals surface area contributed by atoms with Crippen LogP contribution in [0.15, 0.2) is 0 Å². The Morgan fingerprint density at radius 1 is 1.60 bits per heavy atom. The highest BCUT2D eigenvalue weighted by atomic mass is 127. The number of rotatable bonds is 2. The van der Waals surface area contributed by atoms with Crippen LogP contribution >= 0.6 is 22.6 Å². The van der Waals surface area contributed by atoms with Crippen molar-refractivity contribution in [1.82, 2.24) is 0 Å². The first kappa shape index (κ1) is 8.70. The van der Waals surface area contributed by atoms with Gasteiger partial charge in [-0.1, -0.05) is 22.6 Å². The van der Waals surface area contributed by atoms with Crippen LogP contribution in [0.4, 0.5) is 0 Å². The number of hydrogen-bond donors (Lipinski definition) is 2. The summed E-state index contributed by atoms with van der Waals surface area (Å²) in [5.41, 5.74) is 0. The zero-order valence-electron chi connectivity index (χ0n) is 5.53. The average Bonchev–Trinajstić information content (AvgIpc) is 2.30. The van der Waals surface area contributed by atoms with Gasteiger partial charge < -0.3 is 14.9 Å². The Morgan fingerprint density at radius 2 is 2.30 bits per heavy atom. The molecule has 1 aliphatic rings. The molecule has 60 valence electrons. The van der Waals surface area contributed by atoms with Gasteiger partial charge in [0.2, 0.25) is 0 Å². The van der Waals surface area contributed by atoms with Crippen LogP contribution in [0.3, 0.4) is 0 Å². The van der Waals surface area contributed by atoms with E-state index in [2.05, 4.69) is 22.6 Å². The number of aliphatic hydroxyl groups is 2. The second-order valence-corrected chi connectivity index (χ2v) is 3.32. The molecule has 0 amide bonds. The van der Waals surface area contributed by atoms with Gasteiger partial charge in [0.1, 0.15) is 6.10 Å². The summed E-state index contributed by atoms with van der Waals surface area (Å²) >= 11 is 2.21. The maximum atomic E-state index is 9.20. The first-order valence-corrected chi connectivity index (χ1v) is 4.81. The van der Waals surface area contributed by atoms with Crippen LogP contribution in [-0.4, -0.2) is 39.6 Å². The highest BCUT2D eigenvalue weighted by Crippen LogP contribution is 2.21. The lowest BCUT2D eigenvalue weighted by molar-refractivity contribution is -0.0153. The molecular weight excluding hydrogens is 247 g/mol. The second kappa shape index (κ2) is 3.85. The first-order valence-electron chi connectivity index (χ1n) is 3.28. The van der Waals surface area contributed by atoms with E-state index in [-0.39, 0.29) is 18.8 Å². The molecule has 1 fully saturated rings. The van der Waals surface area contributed by atoms with E-state index in [4.69, 9.17) is 9.84 Å². The normalized spacial score (nSPS) is 40.5. The van der Waals surface area contributed by atoms with E-state index >= 15 is 0 Å². The number of halogens is 1. The van der Waals surface area contributed by atoms with Crippen LogP contribution in [0.1, 0.15) is 6.42 Å². The summed E-state index contributed by atoms with van der Waals surface area (Å²) in [6, 6.07) is 0.